The average Bonchev–Trinajstić information content (AvgIpc) is 3.04. The molecule has 4 heteroatoms. The lowest BCUT2D eigenvalue weighted by molar-refractivity contribution is 0.0136. The summed E-state index contributed by atoms with van der Waals surface area (Å²) in [6.07, 6.45) is 7.34. The third kappa shape index (κ3) is 1.76. The maximum absolute atomic E-state index is 12.4. The van der Waals surface area contributed by atoms with E-state index in [0.29, 0.717) is 23.4 Å². The van der Waals surface area contributed by atoms with Crippen LogP contribution in [0, 0.1) is 17.8 Å². The molecule has 3 fully saturated rings. The van der Waals surface area contributed by atoms with Crippen LogP contribution in [0.15, 0.2) is 6.07 Å². The van der Waals surface area contributed by atoms with Gasteiger partial charge in [-0.25, -0.2) is 9.78 Å². The summed E-state index contributed by atoms with van der Waals surface area (Å²) < 4.78 is 11.4. The zero-order chi connectivity index (χ0) is 14.8. The Hall–Kier alpha value is -1.58. The predicted octanol–water partition coefficient (Wildman–Crippen LogP) is 3.62. The summed E-state index contributed by atoms with van der Waals surface area (Å²) in [5.41, 5.74) is 2.45. The van der Waals surface area contributed by atoms with Crippen LogP contribution in [-0.4, -0.2) is 18.1 Å². The number of carbonyl (C=O) groups is 1. The molecule has 0 aromatic carbocycles. The second-order valence-corrected chi connectivity index (χ2v) is 7.45. The number of ether oxygens (including phenoxy) is 2. The second-order valence-electron chi connectivity index (χ2n) is 7.45. The monoisotopic (exact) mass is 299 g/mol. The molecule has 4 atom stereocenters. The van der Waals surface area contributed by atoms with Gasteiger partial charge in [-0.05, 0) is 43.9 Å². The Morgan fingerprint density at radius 2 is 2.09 bits per heavy atom. The third-order valence-electron chi connectivity index (χ3n) is 6.15. The van der Waals surface area contributed by atoms with Crippen molar-refractivity contribution in [3.63, 3.8) is 0 Å². The molecule has 2 bridgehead atoms. The van der Waals surface area contributed by atoms with Gasteiger partial charge >= 0.3 is 5.97 Å². The minimum Gasteiger partial charge on any atom is -0.496 e. The SMILES string of the molecule is COc1cc(C2CC2)nc2c1C(C1CC3CCC1C3)OC2=O. The van der Waals surface area contributed by atoms with Crippen molar-refractivity contribution < 1.29 is 14.3 Å². The van der Waals surface area contributed by atoms with E-state index in [2.05, 4.69) is 4.98 Å². The molecule has 3 aliphatic carbocycles. The largest absolute Gasteiger partial charge is 0.496 e. The van der Waals surface area contributed by atoms with Crippen molar-refractivity contribution in [2.24, 2.45) is 17.8 Å². The van der Waals surface area contributed by atoms with Crippen molar-refractivity contribution in [1.29, 1.82) is 0 Å². The molecule has 0 amide bonds. The molecule has 4 unspecified atom stereocenters. The minimum absolute atomic E-state index is 0.131. The van der Waals surface area contributed by atoms with Gasteiger partial charge in [0, 0.05) is 23.6 Å². The van der Waals surface area contributed by atoms with Crippen LogP contribution in [0.5, 0.6) is 5.75 Å². The smallest absolute Gasteiger partial charge is 0.358 e. The van der Waals surface area contributed by atoms with Gasteiger partial charge in [0.15, 0.2) is 5.69 Å². The van der Waals surface area contributed by atoms with Gasteiger partial charge in [0.05, 0.1) is 12.7 Å². The summed E-state index contributed by atoms with van der Waals surface area (Å²) in [7, 11) is 1.69. The van der Waals surface area contributed by atoms with Gasteiger partial charge in [-0.15, -0.1) is 0 Å². The van der Waals surface area contributed by atoms with Crippen LogP contribution in [0.1, 0.15) is 72.3 Å². The lowest BCUT2D eigenvalue weighted by atomic mass is 9.82. The van der Waals surface area contributed by atoms with E-state index in [-0.39, 0.29) is 12.1 Å². The topological polar surface area (TPSA) is 48.4 Å². The minimum atomic E-state index is -0.247. The Bertz CT molecular complexity index is 652. The first kappa shape index (κ1) is 12.9. The lowest BCUT2D eigenvalue weighted by Crippen LogP contribution is -2.20. The average molecular weight is 299 g/mol. The molecular formula is C18H21NO3. The molecule has 22 heavy (non-hydrogen) atoms. The van der Waals surface area contributed by atoms with E-state index in [1.807, 2.05) is 6.07 Å². The molecule has 0 N–H and O–H groups in total. The Kier molecular flexibility index (Phi) is 2.62. The van der Waals surface area contributed by atoms with Gasteiger partial charge in [0.25, 0.3) is 0 Å². The molecule has 0 spiro atoms. The molecule has 1 aliphatic heterocycles. The zero-order valence-electron chi connectivity index (χ0n) is 12.9. The number of esters is 1. The number of fused-ring (bicyclic) bond motifs is 3. The van der Waals surface area contributed by atoms with Gasteiger partial charge in [0.1, 0.15) is 11.9 Å². The number of cyclic esters (lactones) is 1. The standard InChI is InChI=1S/C18H21NO3/c1-21-14-8-13(10-4-5-10)19-16-15(14)17(22-18(16)20)12-7-9-2-3-11(12)6-9/h8-12,17H,2-7H2,1H3. The summed E-state index contributed by atoms with van der Waals surface area (Å²) >= 11 is 0. The molecule has 4 aliphatic rings. The number of methoxy groups -OCH3 is 1. The molecule has 2 heterocycles. The first-order valence-electron chi connectivity index (χ1n) is 8.54. The van der Waals surface area contributed by atoms with Crippen LogP contribution in [-0.2, 0) is 4.74 Å². The summed E-state index contributed by atoms with van der Waals surface area (Å²) in [6, 6.07) is 2.04. The molecule has 116 valence electrons. The molecule has 0 radical (unpaired) electrons. The molecule has 5 rings (SSSR count). The van der Waals surface area contributed by atoms with Gasteiger partial charge in [-0.3, -0.25) is 0 Å². The van der Waals surface area contributed by atoms with E-state index >= 15 is 0 Å². The van der Waals surface area contributed by atoms with E-state index < -0.39 is 0 Å². The highest BCUT2D eigenvalue weighted by atomic mass is 16.6. The maximum atomic E-state index is 12.4. The molecule has 3 saturated carbocycles. The highest BCUT2D eigenvalue weighted by molar-refractivity contribution is 5.93. The van der Waals surface area contributed by atoms with E-state index in [1.54, 1.807) is 7.11 Å². The number of hydrogen-bond donors (Lipinski definition) is 0. The summed E-state index contributed by atoms with van der Waals surface area (Å²) in [4.78, 5) is 17.0. The zero-order valence-corrected chi connectivity index (χ0v) is 12.9. The fraction of sp³-hybridized carbons (Fsp3) is 0.667. The van der Waals surface area contributed by atoms with Crippen LogP contribution in [0.2, 0.25) is 0 Å². The fourth-order valence-corrected chi connectivity index (χ4v) is 4.93. The quantitative estimate of drug-likeness (QED) is 0.800. The van der Waals surface area contributed by atoms with E-state index in [0.717, 1.165) is 22.9 Å². The Balaban J connectivity index is 1.57. The Labute approximate surface area is 130 Å². The number of aromatic nitrogens is 1. The van der Waals surface area contributed by atoms with Gasteiger partial charge < -0.3 is 9.47 Å². The van der Waals surface area contributed by atoms with Crippen molar-refractivity contribution in [2.75, 3.05) is 7.11 Å². The highest BCUT2D eigenvalue weighted by Crippen LogP contribution is 2.56. The summed E-state index contributed by atoms with van der Waals surface area (Å²) in [6.45, 7) is 0. The van der Waals surface area contributed by atoms with Crippen LogP contribution >= 0.6 is 0 Å². The number of carbonyl (C=O) groups excluding carboxylic acids is 1. The van der Waals surface area contributed by atoms with Crippen LogP contribution in [0.4, 0.5) is 0 Å². The summed E-state index contributed by atoms with van der Waals surface area (Å²) in [5.74, 6) is 3.08. The maximum Gasteiger partial charge on any atom is 0.358 e. The molecule has 1 aromatic rings. The first-order valence-corrected chi connectivity index (χ1v) is 8.54. The van der Waals surface area contributed by atoms with Crippen LogP contribution in [0.3, 0.4) is 0 Å². The molecular weight excluding hydrogens is 278 g/mol. The van der Waals surface area contributed by atoms with Crippen molar-refractivity contribution >= 4 is 5.97 Å². The van der Waals surface area contributed by atoms with Gasteiger partial charge in [-0.1, -0.05) is 6.42 Å². The van der Waals surface area contributed by atoms with Gasteiger partial charge in [-0.2, -0.15) is 0 Å². The number of pyridine rings is 1. The highest BCUT2D eigenvalue weighted by Gasteiger charge is 2.50. The third-order valence-corrected chi connectivity index (χ3v) is 6.15. The Morgan fingerprint density at radius 3 is 2.73 bits per heavy atom. The summed E-state index contributed by atoms with van der Waals surface area (Å²) in [5, 5.41) is 0. The molecule has 4 nitrogen and oxygen atoms in total. The van der Waals surface area contributed by atoms with Crippen molar-refractivity contribution in [3.8, 4) is 5.75 Å². The van der Waals surface area contributed by atoms with Crippen LogP contribution in [0.25, 0.3) is 0 Å². The van der Waals surface area contributed by atoms with E-state index in [9.17, 15) is 4.79 Å². The van der Waals surface area contributed by atoms with E-state index in [4.69, 9.17) is 9.47 Å². The van der Waals surface area contributed by atoms with Gasteiger partial charge in [0.2, 0.25) is 0 Å². The number of hydrogen-bond acceptors (Lipinski definition) is 4. The van der Waals surface area contributed by atoms with Crippen molar-refractivity contribution in [1.82, 2.24) is 4.98 Å². The predicted molar refractivity (Wildman–Crippen MR) is 79.9 cm³/mol. The van der Waals surface area contributed by atoms with Crippen molar-refractivity contribution in [2.45, 2.75) is 50.5 Å². The second kappa shape index (κ2) is 4.46. The fourth-order valence-electron chi connectivity index (χ4n) is 4.93. The normalized spacial score (nSPS) is 35.6. The first-order chi connectivity index (χ1) is 10.7. The van der Waals surface area contributed by atoms with E-state index in [1.165, 1.54) is 38.5 Å². The lowest BCUT2D eigenvalue weighted by Gasteiger charge is -2.27. The Morgan fingerprint density at radius 1 is 1.23 bits per heavy atom. The number of rotatable bonds is 3. The molecule has 1 aromatic heterocycles. The van der Waals surface area contributed by atoms with Crippen molar-refractivity contribution in [3.05, 3.63) is 23.0 Å². The molecule has 0 saturated heterocycles. The van der Waals surface area contributed by atoms with Crippen LogP contribution < -0.4 is 4.74 Å². The number of nitrogens with zero attached hydrogens (tertiary/aromatic N) is 1.